The summed E-state index contributed by atoms with van der Waals surface area (Å²) in [5.41, 5.74) is 8.04. The molecule has 0 aliphatic carbocycles. The highest BCUT2D eigenvalue weighted by Gasteiger charge is 2.10. The van der Waals surface area contributed by atoms with Gasteiger partial charge in [-0.15, -0.1) is 0 Å². The molecule has 0 radical (unpaired) electrons. The van der Waals surface area contributed by atoms with Gasteiger partial charge in [-0.25, -0.2) is 9.97 Å². The standard InChI is InChI=1S/C15H18BrN3O/c1-3-4-12-14(16)15(17)19-13(18-12)9-10-5-7-11(20-2)8-6-10/h5-8H,3-4,9H2,1-2H3,(H2,17,18,19). The topological polar surface area (TPSA) is 61.0 Å². The van der Waals surface area contributed by atoms with Crippen molar-refractivity contribution in [1.29, 1.82) is 0 Å². The molecular formula is C15H18BrN3O. The molecule has 0 spiro atoms. The number of halogens is 1. The third kappa shape index (κ3) is 3.48. The number of benzene rings is 1. The number of nitrogens with zero attached hydrogens (tertiary/aromatic N) is 2. The summed E-state index contributed by atoms with van der Waals surface area (Å²) < 4.78 is 5.97. The number of methoxy groups -OCH3 is 1. The van der Waals surface area contributed by atoms with Crippen molar-refractivity contribution in [1.82, 2.24) is 9.97 Å². The van der Waals surface area contributed by atoms with E-state index < -0.39 is 0 Å². The molecule has 2 rings (SSSR count). The van der Waals surface area contributed by atoms with Crippen LogP contribution in [0.15, 0.2) is 28.7 Å². The highest BCUT2D eigenvalue weighted by Crippen LogP contribution is 2.23. The molecule has 1 aromatic heterocycles. The molecule has 4 nitrogen and oxygen atoms in total. The molecule has 0 saturated carbocycles. The Morgan fingerprint density at radius 3 is 2.50 bits per heavy atom. The minimum Gasteiger partial charge on any atom is -0.497 e. The predicted octanol–water partition coefficient (Wildman–Crippen LogP) is 3.37. The summed E-state index contributed by atoms with van der Waals surface area (Å²) >= 11 is 3.45. The van der Waals surface area contributed by atoms with Gasteiger partial charge in [0, 0.05) is 6.42 Å². The van der Waals surface area contributed by atoms with E-state index in [4.69, 9.17) is 10.5 Å². The van der Waals surface area contributed by atoms with E-state index in [0.29, 0.717) is 12.2 Å². The second kappa shape index (κ2) is 6.70. The Bertz CT molecular complexity index is 584. The lowest BCUT2D eigenvalue weighted by Crippen LogP contribution is -2.06. The summed E-state index contributed by atoms with van der Waals surface area (Å²) in [6.45, 7) is 2.12. The molecule has 1 aromatic carbocycles. The van der Waals surface area contributed by atoms with Crippen molar-refractivity contribution in [2.24, 2.45) is 0 Å². The van der Waals surface area contributed by atoms with Crippen LogP contribution in [-0.4, -0.2) is 17.1 Å². The number of aromatic nitrogens is 2. The Morgan fingerprint density at radius 2 is 1.90 bits per heavy atom. The Morgan fingerprint density at radius 1 is 1.20 bits per heavy atom. The van der Waals surface area contributed by atoms with Gasteiger partial charge in [-0.05, 0) is 40.0 Å². The highest BCUT2D eigenvalue weighted by atomic mass is 79.9. The number of ether oxygens (including phenoxy) is 1. The number of hydrogen-bond acceptors (Lipinski definition) is 4. The largest absolute Gasteiger partial charge is 0.497 e. The second-order valence-electron chi connectivity index (χ2n) is 4.56. The minimum absolute atomic E-state index is 0.506. The first-order valence-corrected chi connectivity index (χ1v) is 7.37. The smallest absolute Gasteiger partial charge is 0.141 e. The van der Waals surface area contributed by atoms with Gasteiger partial charge < -0.3 is 10.5 Å². The van der Waals surface area contributed by atoms with Gasteiger partial charge in [-0.3, -0.25) is 0 Å². The van der Waals surface area contributed by atoms with Crippen molar-refractivity contribution >= 4 is 21.7 Å². The maximum Gasteiger partial charge on any atom is 0.141 e. The molecular weight excluding hydrogens is 318 g/mol. The molecule has 0 bridgehead atoms. The van der Waals surface area contributed by atoms with E-state index in [-0.39, 0.29) is 0 Å². The Hall–Kier alpha value is -1.62. The van der Waals surface area contributed by atoms with E-state index in [1.54, 1.807) is 7.11 Å². The lowest BCUT2D eigenvalue weighted by atomic mass is 10.1. The molecule has 1 heterocycles. The molecule has 20 heavy (non-hydrogen) atoms. The summed E-state index contributed by atoms with van der Waals surface area (Å²) in [5.74, 6) is 2.10. The van der Waals surface area contributed by atoms with Crippen LogP contribution < -0.4 is 10.5 Å². The normalized spacial score (nSPS) is 10.6. The van der Waals surface area contributed by atoms with E-state index in [1.807, 2.05) is 24.3 Å². The summed E-state index contributed by atoms with van der Waals surface area (Å²) in [6, 6.07) is 7.90. The van der Waals surface area contributed by atoms with Gasteiger partial charge in [-0.2, -0.15) is 0 Å². The number of aryl methyl sites for hydroxylation is 1. The number of anilines is 1. The fraction of sp³-hybridized carbons (Fsp3) is 0.333. The van der Waals surface area contributed by atoms with Crippen LogP contribution in [0.1, 0.15) is 30.4 Å². The van der Waals surface area contributed by atoms with Gasteiger partial charge in [0.25, 0.3) is 0 Å². The van der Waals surface area contributed by atoms with E-state index in [9.17, 15) is 0 Å². The van der Waals surface area contributed by atoms with Crippen molar-refractivity contribution in [2.45, 2.75) is 26.2 Å². The van der Waals surface area contributed by atoms with Gasteiger partial charge in [0.1, 0.15) is 17.4 Å². The van der Waals surface area contributed by atoms with Gasteiger partial charge in [0.15, 0.2) is 0 Å². The summed E-state index contributed by atoms with van der Waals surface area (Å²) in [5, 5.41) is 0. The van der Waals surface area contributed by atoms with Crippen LogP contribution in [0, 0.1) is 0 Å². The van der Waals surface area contributed by atoms with Crippen LogP contribution in [0.4, 0.5) is 5.82 Å². The molecule has 2 aromatic rings. The Kier molecular flexibility index (Phi) is 4.95. The van der Waals surface area contributed by atoms with Crippen LogP contribution in [0.3, 0.4) is 0 Å². The molecule has 2 N–H and O–H groups in total. The molecule has 0 saturated heterocycles. The van der Waals surface area contributed by atoms with Crippen molar-refractivity contribution < 1.29 is 4.74 Å². The van der Waals surface area contributed by atoms with E-state index in [1.165, 1.54) is 0 Å². The third-order valence-corrected chi connectivity index (χ3v) is 3.86. The van der Waals surface area contributed by atoms with Gasteiger partial charge in [0.05, 0.1) is 17.3 Å². The SMILES string of the molecule is CCCc1nc(Cc2ccc(OC)cc2)nc(N)c1Br. The van der Waals surface area contributed by atoms with Gasteiger partial charge >= 0.3 is 0 Å². The van der Waals surface area contributed by atoms with Crippen molar-refractivity contribution in [3.63, 3.8) is 0 Å². The quantitative estimate of drug-likeness (QED) is 0.909. The Balaban J connectivity index is 2.23. The maximum atomic E-state index is 5.93. The number of hydrogen-bond donors (Lipinski definition) is 1. The third-order valence-electron chi connectivity index (χ3n) is 3.00. The predicted molar refractivity (Wildman–Crippen MR) is 83.9 cm³/mol. The first-order chi connectivity index (χ1) is 9.63. The van der Waals surface area contributed by atoms with Crippen molar-refractivity contribution in [3.8, 4) is 5.75 Å². The second-order valence-corrected chi connectivity index (χ2v) is 5.35. The van der Waals surface area contributed by atoms with Crippen LogP contribution in [-0.2, 0) is 12.8 Å². The monoisotopic (exact) mass is 335 g/mol. The molecule has 0 fully saturated rings. The van der Waals surface area contributed by atoms with E-state index >= 15 is 0 Å². The molecule has 0 aliphatic rings. The fourth-order valence-electron chi connectivity index (χ4n) is 1.97. The van der Waals surface area contributed by atoms with Crippen molar-refractivity contribution in [2.75, 3.05) is 12.8 Å². The highest BCUT2D eigenvalue weighted by molar-refractivity contribution is 9.10. The van der Waals surface area contributed by atoms with E-state index in [2.05, 4.69) is 32.8 Å². The van der Waals surface area contributed by atoms with Gasteiger partial charge in [0.2, 0.25) is 0 Å². The fourth-order valence-corrected chi connectivity index (χ4v) is 2.35. The summed E-state index contributed by atoms with van der Waals surface area (Å²) in [7, 11) is 1.66. The van der Waals surface area contributed by atoms with E-state index in [0.717, 1.165) is 40.1 Å². The number of nitrogens with two attached hydrogens (primary N) is 1. The van der Waals surface area contributed by atoms with Crippen LogP contribution in [0.5, 0.6) is 5.75 Å². The first-order valence-electron chi connectivity index (χ1n) is 6.57. The zero-order valence-corrected chi connectivity index (χ0v) is 13.3. The zero-order valence-electron chi connectivity index (χ0n) is 11.7. The maximum absolute atomic E-state index is 5.93. The minimum atomic E-state index is 0.506. The van der Waals surface area contributed by atoms with Crippen LogP contribution in [0.25, 0.3) is 0 Å². The molecule has 0 unspecified atom stereocenters. The van der Waals surface area contributed by atoms with Gasteiger partial charge in [-0.1, -0.05) is 25.5 Å². The van der Waals surface area contributed by atoms with Crippen LogP contribution in [0.2, 0.25) is 0 Å². The molecule has 0 aliphatic heterocycles. The average Bonchev–Trinajstić information content (AvgIpc) is 2.45. The van der Waals surface area contributed by atoms with Crippen molar-refractivity contribution in [3.05, 3.63) is 45.8 Å². The molecule has 106 valence electrons. The average molecular weight is 336 g/mol. The van der Waals surface area contributed by atoms with Crippen LogP contribution >= 0.6 is 15.9 Å². The molecule has 0 atom stereocenters. The first kappa shape index (κ1) is 14.8. The lowest BCUT2D eigenvalue weighted by Gasteiger charge is -2.08. The summed E-state index contributed by atoms with van der Waals surface area (Å²) in [6.07, 6.45) is 2.58. The zero-order chi connectivity index (χ0) is 14.5. The number of rotatable bonds is 5. The summed E-state index contributed by atoms with van der Waals surface area (Å²) in [4.78, 5) is 8.93. The number of nitrogen functional groups attached to an aromatic ring is 1. The molecule has 0 amide bonds. The lowest BCUT2D eigenvalue weighted by molar-refractivity contribution is 0.414. The Labute approximate surface area is 127 Å². The molecule has 5 heteroatoms.